The first-order valence-corrected chi connectivity index (χ1v) is 8.44. The van der Waals surface area contributed by atoms with Crippen molar-refractivity contribution < 1.29 is 4.74 Å². The molecule has 1 fully saturated rings. The van der Waals surface area contributed by atoms with Crippen LogP contribution in [0.5, 0.6) is 5.75 Å². The molecule has 0 unspecified atom stereocenters. The Balaban J connectivity index is 1.77. The molecule has 1 aliphatic carbocycles. The van der Waals surface area contributed by atoms with Crippen LogP contribution < -0.4 is 4.74 Å². The van der Waals surface area contributed by atoms with Crippen molar-refractivity contribution in [3.8, 4) is 5.75 Å². The van der Waals surface area contributed by atoms with E-state index in [1.165, 1.54) is 38.5 Å². The van der Waals surface area contributed by atoms with Crippen molar-refractivity contribution in [1.82, 2.24) is 9.55 Å². The van der Waals surface area contributed by atoms with Crippen molar-refractivity contribution in [3.05, 3.63) is 24.0 Å². The van der Waals surface area contributed by atoms with E-state index in [1.54, 1.807) is 7.11 Å². The minimum atomic E-state index is 0.459. The standard InChI is InChI=1S/C17H23ClN2O/c1-21-14-8-9-15-16(11-14)20(17(12-18)19-15)10-4-7-13-5-2-3-6-13/h8-9,11,13H,2-7,10,12H2,1H3. The summed E-state index contributed by atoms with van der Waals surface area (Å²) in [6.07, 6.45) is 8.20. The van der Waals surface area contributed by atoms with Gasteiger partial charge < -0.3 is 9.30 Å². The molecule has 1 aromatic heterocycles. The topological polar surface area (TPSA) is 27.1 Å². The van der Waals surface area contributed by atoms with Crippen molar-refractivity contribution in [2.75, 3.05) is 7.11 Å². The Kier molecular flexibility index (Phi) is 4.69. The smallest absolute Gasteiger partial charge is 0.124 e. The van der Waals surface area contributed by atoms with E-state index in [0.29, 0.717) is 5.88 Å². The number of rotatable bonds is 6. The van der Waals surface area contributed by atoms with E-state index in [0.717, 1.165) is 35.1 Å². The van der Waals surface area contributed by atoms with Crippen molar-refractivity contribution in [2.45, 2.75) is 50.9 Å². The SMILES string of the molecule is COc1ccc2nc(CCl)n(CCCC3CCCC3)c2c1. The van der Waals surface area contributed by atoms with Gasteiger partial charge in [-0.2, -0.15) is 0 Å². The highest BCUT2D eigenvalue weighted by Gasteiger charge is 2.15. The fourth-order valence-electron chi connectivity index (χ4n) is 3.47. The molecule has 114 valence electrons. The molecule has 0 spiro atoms. The van der Waals surface area contributed by atoms with Crippen LogP contribution in [0.4, 0.5) is 0 Å². The number of alkyl halides is 1. The van der Waals surface area contributed by atoms with Crippen molar-refractivity contribution in [3.63, 3.8) is 0 Å². The second-order valence-electron chi connectivity index (χ2n) is 5.96. The Morgan fingerprint density at radius 2 is 2.14 bits per heavy atom. The Morgan fingerprint density at radius 3 is 2.86 bits per heavy atom. The van der Waals surface area contributed by atoms with Crippen molar-refractivity contribution >= 4 is 22.6 Å². The summed E-state index contributed by atoms with van der Waals surface area (Å²) in [6, 6.07) is 6.03. The molecular weight excluding hydrogens is 284 g/mol. The molecule has 0 aliphatic heterocycles. The minimum absolute atomic E-state index is 0.459. The molecule has 1 saturated carbocycles. The van der Waals surface area contributed by atoms with Crippen LogP contribution in [0.15, 0.2) is 18.2 Å². The lowest BCUT2D eigenvalue weighted by Crippen LogP contribution is -2.04. The van der Waals surface area contributed by atoms with Crippen molar-refractivity contribution in [1.29, 1.82) is 0 Å². The van der Waals surface area contributed by atoms with Gasteiger partial charge in [-0.25, -0.2) is 4.98 Å². The van der Waals surface area contributed by atoms with Gasteiger partial charge in [0.1, 0.15) is 11.6 Å². The maximum atomic E-state index is 6.07. The molecule has 1 aliphatic rings. The number of hydrogen-bond donors (Lipinski definition) is 0. The van der Waals surface area contributed by atoms with E-state index in [4.69, 9.17) is 16.3 Å². The predicted octanol–water partition coefficient (Wildman–Crippen LogP) is 4.75. The first-order chi connectivity index (χ1) is 10.3. The summed E-state index contributed by atoms with van der Waals surface area (Å²) in [5.41, 5.74) is 2.14. The zero-order valence-corrected chi connectivity index (χ0v) is 13.4. The summed E-state index contributed by atoms with van der Waals surface area (Å²) in [4.78, 5) is 4.63. The van der Waals surface area contributed by atoms with Gasteiger partial charge in [-0.15, -0.1) is 11.6 Å². The number of aromatic nitrogens is 2. The zero-order valence-electron chi connectivity index (χ0n) is 12.6. The van der Waals surface area contributed by atoms with Gasteiger partial charge in [0, 0.05) is 12.6 Å². The monoisotopic (exact) mass is 306 g/mol. The maximum absolute atomic E-state index is 6.07. The van der Waals surface area contributed by atoms with E-state index >= 15 is 0 Å². The highest BCUT2D eigenvalue weighted by atomic mass is 35.5. The number of nitrogens with zero attached hydrogens (tertiary/aromatic N) is 2. The van der Waals surface area contributed by atoms with E-state index in [1.807, 2.05) is 12.1 Å². The Morgan fingerprint density at radius 1 is 1.33 bits per heavy atom. The van der Waals surface area contributed by atoms with Crippen LogP contribution in [0.3, 0.4) is 0 Å². The lowest BCUT2D eigenvalue weighted by Gasteiger charge is -2.11. The molecule has 4 heteroatoms. The van der Waals surface area contributed by atoms with Gasteiger partial charge in [-0.05, 0) is 30.9 Å². The number of aryl methyl sites for hydroxylation is 1. The van der Waals surface area contributed by atoms with Gasteiger partial charge in [0.2, 0.25) is 0 Å². The average molecular weight is 307 g/mol. The quantitative estimate of drug-likeness (QED) is 0.720. The van der Waals surface area contributed by atoms with Crippen molar-refractivity contribution in [2.24, 2.45) is 5.92 Å². The zero-order chi connectivity index (χ0) is 14.7. The third-order valence-corrected chi connectivity index (χ3v) is 4.86. The van der Waals surface area contributed by atoms with Gasteiger partial charge in [-0.3, -0.25) is 0 Å². The van der Waals surface area contributed by atoms with Gasteiger partial charge >= 0.3 is 0 Å². The number of methoxy groups -OCH3 is 1. The molecule has 2 aromatic rings. The van der Waals surface area contributed by atoms with Gasteiger partial charge in [0.05, 0.1) is 24.0 Å². The Labute approximate surface area is 131 Å². The largest absolute Gasteiger partial charge is 0.497 e. The number of halogens is 1. The van der Waals surface area contributed by atoms with Crippen LogP contribution in [-0.2, 0) is 12.4 Å². The third-order valence-electron chi connectivity index (χ3n) is 4.62. The second kappa shape index (κ2) is 6.69. The fourth-order valence-corrected chi connectivity index (χ4v) is 3.67. The molecular formula is C17H23ClN2O. The number of hydrogen-bond acceptors (Lipinski definition) is 2. The molecule has 0 saturated heterocycles. The van der Waals surface area contributed by atoms with Gasteiger partial charge in [-0.1, -0.05) is 25.7 Å². The van der Waals surface area contributed by atoms with Crippen LogP contribution in [-0.4, -0.2) is 16.7 Å². The highest BCUT2D eigenvalue weighted by Crippen LogP contribution is 2.29. The van der Waals surface area contributed by atoms with Crippen LogP contribution in [0.25, 0.3) is 11.0 Å². The molecule has 0 bridgehead atoms. The van der Waals surface area contributed by atoms with Crippen LogP contribution in [0.2, 0.25) is 0 Å². The first kappa shape index (κ1) is 14.7. The summed E-state index contributed by atoms with van der Waals surface area (Å²) in [5.74, 6) is 3.24. The van der Waals surface area contributed by atoms with E-state index in [9.17, 15) is 0 Å². The minimum Gasteiger partial charge on any atom is -0.497 e. The molecule has 0 amide bonds. The van der Waals surface area contributed by atoms with Crippen LogP contribution in [0, 0.1) is 5.92 Å². The molecule has 0 N–H and O–H groups in total. The number of imidazole rings is 1. The van der Waals surface area contributed by atoms with Crippen LogP contribution >= 0.6 is 11.6 Å². The van der Waals surface area contributed by atoms with Crippen LogP contribution in [0.1, 0.15) is 44.3 Å². The predicted molar refractivity (Wildman–Crippen MR) is 87.0 cm³/mol. The summed E-state index contributed by atoms with van der Waals surface area (Å²) in [7, 11) is 1.70. The summed E-state index contributed by atoms with van der Waals surface area (Å²) in [5, 5.41) is 0. The summed E-state index contributed by atoms with van der Waals surface area (Å²) < 4.78 is 7.60. The maximum Gasteiger partial charge on any atom is 0.124 e. The highest BCUT2D eigenvalue weighted by molar-refractivity contribution is 6.16. The first-order valence-electron chi connectivity index (χ1n) is 7.91. The Hall–Kier alpha value is -1.22. The Bertz CT molecular complexity index is 602. The molecule has 1 aromatic carbocycles. The van der Waals surface area contributed by atoms with Gasteiger partial charge in [0.25, 0.3) is 0 Å². The average Bonchev–Trinajstić information content (AvgIpc) is 3.14. The fraction of sp³-hybridized carbons (Fsp3) is 0.588. The number of fused-ring (bicyclic) bond motifs is 1. The molecule has 21 heavy (non-hydrogen) atoms. The molecule has 0 radical (unpaired) electrons. The normalized spacial score (nSPS) is 15.9. The molecule has 0 atom stereocenters. The molecule has 3 rings (SSSR count). The molecule has 1 heterocycles. The van der Waals surface area contributed by atoms with E-state index < -0.39 is 0 Å². The van der Waals surface area contributed by atoms with Gasteiger partial charge in [0.15, 0.2) is 0 Å². The molecule has 3 nitrogen and oxygen atoms in total. The number of benzene rings is 1. The third kappa shape index (κ3) is 3.18. The second-order valence-corrected chi connectivity index (χ2v) is 6.23. The number of ether oxygens (including phenoxy) is 1. The van der Waals surface area contributed by atoms with E-state index in [-0.39, 0.29) is 0 Å². The summed E-state index contributed by atoms with van der Waals surface area (Å²) in [6.45, 7) is 1.00. The lowest BCUT2D eigenvalue weighted by atomic mass is 10.0. The lowest BCUT2D eigenvalue weighted by molar-refractivity contribution is 0.415. The summed E-state index contributed by atoms with van der Waals surface area (Å²) >= 11 is 6.07. The van der Waals surface area contributed by atoms with E-state index in [2.05, 4.69) is 15.6 Å².